The lowest BCUT2D eigenvalue weighted by atomic mass is 9.87. The Morgan fingerprint density at radius 3 is 1.81 bits per heavy atom. The van der Waals surface area contributed by atoms with Crippen molar-refractivity contribution in [2.45, 2.75) is 59.6 Å². The van der Waals surface area contributed by atoms with Crippen LogP contribution in [0.2, 0.25) is 0 Å². The van der Waals surface area contributed by atoms with Gasteiger partial charge in [-0.2, -0.15) is 0 Å². The van der Waals surface area contributed by atoms with Gasteiger partial charge in [-0.1, -0.05) is 20.8 Å². The zero-order chi connectivity index (χ0) is 13.1. The van der Waals surface area contributed by atoms with Crippen LogP contribution in [-0.2, 0) is 9.53 Å². The second kappa shape index (κ2) is 5.17. The van der Waals surface area contributed by atoms with Crippen LogP contribution in [0, 0.1) is 5.41 Å². The van der Waals surface area contributed by atoms with Gasteiger partial charge < -0.3 is 4.74 Å². The highest BCUT2D eigenvalue weighted by Gasteiger charge is 2.30. The lowest BCUT2D eigenvalue weighted by Gasteiger charge is -2.31. The van der Waals surface area contributed by atoms with Gasteiger partial charge in [0, 0.05) is 0 Å². The summed E-state index contributed by atoms with van der Waals surface area (Å²) >= 11 is 0. The van der Waals surface area contributed by atoms with Gasteiger partial charge in [0.05, 0.1) is 0 Å². The molecule has 96 valence electrons. The minimum Gasteiger partial charge on any atom is -0.459 e. The minimum atomic E-state index is -0.413. The van der Waals surface area contributed by atoms with E-state index in [2.05, 4.69) is 20.8 Å². The zero-order valence-electron chi connectivity index (χ0n) is 12.0. The van der Waals surface area contributed by atoms with Crippen molar-refractivity contribution < 1.29 is 9.53 Å². The minimum absolute atomic E-state index is 0.117. The molecule has 1 unspecified atom stereocenters. The Bertz CT molecular complexity index is 233. The van der Waals surface area contributed by atoms with Crippen LogP contribution < -0.4 is 0 Å². The van der Waals surface area contributed by atoms with Crippen LogP contribution in [0.3, 0.4) is 0 Å². The Balaban J connectivity index is 4.62. The summed E-state index contributed by atoms with van der Waals surface area (Å²) in [6.45, 7) is 12.1. The predicted octanol–water partition coefficient (Wildman–Crippen LogP) is 2.69. The van der Waals surface area contributed by atoms with E-state index in [4.69, 9.17) is 4.74 Å². The van der Waals surface area contributed by atoms with E-state index in [9.17, 15) is 4.79 Å². The third-order valence-electron chi connectivity index (χ3n) is 2.11. The number of nitrogens with zero attached hydrogens (tertiary/aromatic N) is 1. The summed E-state index contributed by atoms with van der Waals surface area (Å²) in [6, 6.07) is -0.167. The molecule has 0 radical (unpaired) electrons. The maximum Gasteiger partial charge on any atom is 0.323 e. The quantitative estimate of drug-likeness (QED) is 0.697. The second-order valence-corrected chi connectivity index (χ2v) is 6.78. The molecule has 0 rings (SSSR count). The number of likely N-dealkylation sites (N-methyl/N-ethyl adjacent to an activating group) is 1. The monoisotopic (exact) mass is 229 g/mol. The highest BCUT2D eigenvalue weighted by atomic mass is 16.6. The molecule has 0 aromatic heterocycles. The van der Waals surface area contributed by atoms with Crippen LogP contribution in [0.4, 0.5) is 0 Å². The Morgan fingerprint density at radius 1 is 1.12 bits per heavy atom. The van der Waals surface area contributed by atoms with E-state index in [0.717, 1.165) is 6.42 Å². The summed E-state index contributed by atoms with van der Waals surface area (Å²) in [7, 11) is 3.83. The topological polar surface area (TPSA) is 29.5 Å². The van der Waals surface area contributed by atoms with Gasteiger partial charge in [-0.3, -0.25) is 9.69 Å². The van der Waals surface area contributed by atoms with Crippen molar-refractivity contribution in [3.63, 3.8) is 0 Å². The summed E-state index contributed by atoms with van der Waals surface area (Å²) < 4.78 is 5.43. The van der Waals surface area contributed by atoms with Crippen molar-refractivity contribution in [2.24, 2.45) is 5.41 Å². The predicted molar refractivity (Wildman–Crippen MR) is 67.4 cm³/mol. The molecule has 0 aromatic rings. The Hall–Kier alpha value is -0.570. The summed E-state index contributed by atoms with van der Waals surface area (Å²) in [5, 5.41) is 0. The highest BCUT2D eigenvalue weighted by Crippen LogP contribution is 2.24. The molecule has 1 atom stereocenters. The smallest absolute Gasteiger partial charge is 0.323 e. The van der Waals surface area contributed by atoms with Crippen LogP contribution in [0.5, 0.6) is 0 Å². The lowest BCUT2D eigenvalue weighted by Crippen LogP contribution is -2.42. The Labute approximate surface area is 100 Å². The molecule has 3 nitrogen and oxygen atoms in total. The van der Waals surface area contributed by atoms with E-state index in [1.54, 1.807) is 0 Å². The van der Waals surface area contributed by atoms with Gasteiger partial charge in [-0.05, 0) is 46.7 Å². The Kier molecular flexibility index (Phi) is 4.99. The maximum absolute atomic E-state index is 12.0. The largest absolute Gasteiger partial charge is 0.459 e. The number of ether oxygens (including phenoxy) is 1. The van der Waals surface area contributed by atoms with Crippen molar-refractivity contribution >= 4 is 5.97 Å². The average molecular weight is 229 g/mol. The second-order valence-electron chi connectivity index (χ2n) is 6.78. The van der Waals surface area contributed by atoms with Crippen molar-refractivity contribution in [1.29, 1.82) is 0 Å². The van der Waals surface area contributed by atoms with E-state index in [-0.39, 0.29) is 17.4 Å². The summed E-state index contributed by atoms with van der Waals surface area (Å²) in [6.07, 6.45) is 0.801. The van der Waals surface area contributed by atoms with Crippen LogP contribution >= 0.6 is 0 Å². The molecule has 3 heteroatoms. The van der Waals surface area contributed by atoms with Crippen molar-refractivity contribution in [1.82, 2.24) is 4.90 Å². The van der Waals surface area contributed by atoms with Gasteiger partial charge in [0.1, 0.15) is 11.6 Å². The molecule has 0 aliphatic rings. The molecule has 0 aromatic carbocycles. The summed E-state index contributed by atoms with van der Waals surface area (Å²) in [5.41, 5.74) is -0.297. The SMILES string of the molecule is CN(C)C(CC(C)(C)C)C(=O)OC(C)(C)C. The van der Waals surface area contributed by atoms with Gasteiger partial charge in [0.15, 0.2) is 0 Å². The molecular weight excluding hydrogens is 202 g/mol. The molecular formula is C13H27NO2. The fraction of sp³-hybridized carbons (Fsp3) is 0.923. The first kappa shape index (κ1) is 15.4. The molecule has 0 fully saturated rings. The van der Waals surface area contributed by atoms with E-state index in [1.165, 1.54) is 0 Å². The average Bonchev–Trinajstić information content (AvgIpc) is 1.94. The molecule has 0 spiro atoms. The number of carbonyl (C=O) groups is 1. The van der Waals surface area contributed by atoms with Gasteiger partial charge in [0.2, 0.25) is 0 Å². The van der Waals surface area contributed by atoms with Gasteiger partial charge in [-0.15, -0.1) is 0 Å². The van der Waals surface area contributed by atoms with Crippen molar-refractivity contribution in [2.75, 3.05) is 14.1 Å². The maximum atomic E-state index is 12.0. The molecule has 0 N–H and O–H groups in total. The molecule has 0 aliphatic carbocycles. The number of esters is 1. The van der Waals surface area contributed by atoms with Gasteiger partial charge in [-0.25, -0.2) is 0 Å². The molecule has 0 bridgehead atoms. The van der Waals surface area contributed by atoms with Gasteiger partial charge >= 0.3 is 5.97 Å². The number of carbonyl (C=O) groups excluding carboxylic acids is 1. The molecule has 0 saturated carbocycles. The van der Waals surface area contributed by atoms with E-state index < -0.39 is 5.60 Å². The number of rotatable bonds is 3. The zero-order valence-corrected chi connectivity index (χ0v) is 12.0. The van der Waals surface area contributed by atoms with Crippen LogP contribution in [0.15, 0.2) is 0 Å². The normalized spacial score (nSPS) is 15.1. The number of hydrogen-bond donors (Lipinski definition) is 0. The highest BCUT2D eigenvalue weighted by molar-refractivity contribution is 5.76. The molecule has 0 saturated heterocycles. The molecule has 0 aliphatic heterocycles. The van der Waals surface area contributed by atoms with Crippen molar-refractivity contribution in [3.05, 3.63) is 0 Å². The lowest BCUT2D eigenvalue weighted by molar-refractivity contribution is -0.161. The third-order valence-corrected chi connectivity index (χ3v) is 2.11. The van der Waals surface area contributed by atoms with Crippen molar-refractivity contribution in [3.8, 4) is 0 Å². The Morgan fingerprint density at radius 2 is 1.56 bits per heavy atom. The molecule has 0 heterocycles. The fourth-order valence-corrected chi connectivity index (χ4v) is 1.43. The van der Waals surface area contributed by atoms with Crippen LogP contribution in [0.1, 0.15) is 48.0 Å². The van der Waals surface area contributed by atoms with Crippen LogP contribution in [-0.4, -0.2) is 36.6 Å². The van der Waals surface area contributed by atoms with E-state index in [1.807, 2.05) is 39.8 Å². The summed E-state index contributed by atoms with van der Waals surface area (Å²) in [4.78, 5) is 13.9. The third kappa shape index (κ3) is 6.83. The van der Waals surface area contributed by atoms with E-state index in [0.29, 0.717) is 0 Å². The fourth-order valence-electron chi connectivity index (χ4n) is 1.43. The van der Waals surface area contributed by atoms with Crippen LogP contribution in [0.25, 0.3) is 0 Å². The van der Waals surface area contributed by atoms with Gasteiger partial charge in [0.25, 0.3) is 0 Å². The molecule has 0 amide bonds. The first-order valence-electron chi connectivity index (χ1n) is 5.82. The summed E-state index contributed by atoms with van der Waals surface area (Å²) in [5.74, 6) is -0.132. The van der Waals surface area contributed by atoms with E-state index >= 15 is 0 Å². The first-order chi connectivity index (χ1) is 6.92. The standard InChI is InChI=1S/C13H27NO2/c1-12(2,3)9-10(14(7)8)11(15)16-13(4,5)6/h10H,9H2,1-8H3. The molecule has 16 heavy (non-hydrogen) atoms. The number of hydrogen-bond acceptors (Lipinski definition) is 3. The first-order valence-corrected chi connectivity index (χ1v) is 5.82.